The van der Waals surface area contributed by atoms with Crippen molar-refractivity contribution in [3.8, 4) is 0 Å². The third kappa shape index (κ3) is 2.92. The fraction of sp³-hybridized carbons (Fsp3) is 0.846. The maximum atomic E-state index is 8.74. The van der Waals surface area contributed by atoms with Gasteiger partial charge in [0.1, 0.15) is 19.0 Å². The average Bonchev–Trinajstić information content (AvgIpc) is 2.79. The van der Waals surface area contributed by atoms with E-state index in [0.29, 0.717) is 0 Å². The molecule has 1 aliphatic heterocycles. The second kappa shape index (κ2) is 5.50. The standard InChI is InChI=1S/C13H23N3O3Si/c1-13(2,3)20(4,5)19-11-9(15-16-14)6-7-10-12(11)18-8-17-10/h6-7,9-12H,8H2,1-5H3/t9-,10-,11-,12-/m1/s1. The molecule has 1 heterocycles. The maximum Gasteiger partial charge on any atom is 0.192 e. The predicted molar refractivity (Wildman–Crippen MR) is 78.8 cm³/mol. The van der Waals surface area contributed by atoms with Crippen LogP contribution in [-0.2, 0) is 13.9 Å². The van der Waals surface area contributed by atoms with Crippen molar-refractivity contribution in [3.05, 3.63) is 22.6 Å². The molecule has 2 rings (SSSR count). The van der Waals surface area contributed by atoms with E-state index in [-0.39, 0.29) is 36.2 Å². The Hall–Kier alpha value is -0.853. The van der Waals surface area contributed by atoms with Gasteiger partial charge in [0.2, 0.25) is 0 Å². The second-order valence-electron chi connectivity index (χ2n) is 6.80. The van der Waals surface area contributed by atoms with E-state index in [4.69, 9.17) is 19.4 Å². The molecule has 0 spiro atoms. The minimum Gasteiger partial charge on any atom is -0.410 e. The molecule has 6 nitrogen and oxygen atoms in total. The second-order valence-corrected chi connectivity index (χ2v) is 11.6. The van der Waals surface area contributed by atoms with Crippen LogP contribution in [0.1, 0.15) is 20.8 Å². The normalized spacial score (nSPS) is 33.6. The van der Waals surface area contributed by atoms with Gasteiger partial charge in [0.25, 0.3) is 0 Å². The molecule has 1 aliphatic carbocycles. The first kappa shape index (κ1) is 15.5. The van der Waals surface area contributed by atoms with Crippen LogP contribution in [-0.4, -0.2) is 39.5 Å². The van der Waals surface area contributed by atoms with Gasteiger partial charge in [-0.3, -0.25) is 0 Å². The third-order valence-corrected chi connectivity index (χ3v) is 8.90. The summed E-state index contributed by atoms with van der Waals surface area (Å²) in [6, 6.07) is -0.336. The molecule has 1 saturated heterocycles. The van der Waals surface area contributed by atoms with Crippen LogP contribution in [0.5, 0.6) is 0 Å². The monoisotopic (exact) mass is 297 g/mol. The minimum atomic E-state index is -1.98. The summed E-state index contributed by atoms with van der Waals surface area (Å²) in [6.45, 7) is 11.2. The summed E-state index contributed by atoms with van der Waals surface area (Å²) in [6.07, 6.45) is 3.21. The Morgan fingerprint density at radius 1 is 1.30 bits per heavy atom. The SMILES string of the molecule is CC(C)(C)[Si](C)(C)O[C@H]1[C@@H]2OCO[C@@H]2C=C[C@H]1N=[N+]=[N-]. The van der Waals surface area contributed by atoms with Crippen molar-refractivity contribution >= 4 is 8.32 Å². The molecular weight excluding hydrogens is 274 g/mol. The first-order valence-corrected chi connectivity index (χ1v) is 9.81. The van der Waals surface area contributed by atoms with Gasteiger partial charge < -0.3 is 13.9 Å². The van der Waals surface area contributed by atoms with E-state index in [1.165, 1.54) is 0 Å². The lowest BCUT2D eigenvalue weighted by Gasteiger charge is -2.43. The lowest BCUT2D eigenvalue weighted by Crippen LogP contribution is -2.53. The Morgan fingerprint density at radius 3 is 2.60 bits per heavy atom. The maximum absolute atomic E-state index is 8.74. The lowest BCUT2D eigenvalue weighted by atomic mass is 9.95. The van der Waals surface area contributed by atoms with Gasteiger partial charge in [0.15, 0.2) is 8.32 Å². The zero-order valence-corrected chi connectivity index (χ0v) is 13.7. The quantitative estimate of drug-likeness (QED) is 0.263. The van der Waals surface area contributed by atoms with E-state index in [0.717, 1.165) is 0 Å². The van der Waals surface area contributed by atoms with Crippen molar-refractivity contribution in [2.24, 2.45) is 5.11 Å². The van der Waals surface area contributed by atoms with Gasteiger partial charge in [0.05, 0.1) is 12.1 Å². The first-order chi connectivity index (χ1) is 9.26. The zero-order chi connectivity index (χ0) is 15.0. The van der Waals surface area contributed by atoms with Gasteiger partial charge in [-0.1, -0.05) is 38.0 Å². The van der Waals surface area contributed by atoms with Gasteiger partial charge >= 0.3 is 0 Å². The molecule has 0 aromatic carbocycles. The zero-order valence-electron chi connectivity index (χ0n) is 12.7. The molecule has 0 radical (unpaired) electrons. The van der Waals surface area contributed by atoms with Crippen LogP contribution in [0.3, 0.4) is 0 Å². The minimum absolute atomic E-state index is 0.0873. The molecule has 2 aliphatic rings. The van der Waals surface area contributed by atoms with Gasteiger partial charge in [-0.15, -0.1) is 0 Å². The van der Waals surface area contributed by atoms with Crippen molar-refractivity contribution in [1.82, 2.24) is 0 Å². The fourth-order valence-corrected chi connectivity index (χ4v) is 3.49. The van der Waals surface area contributed by atoms with Crippen molar-refractivity contribution in [1.29, 1.82) is 0 Å². The molecule has 0 bridgehead atoms. The van der Waals surface area contributed by atoms with E-state index < -0.39 is 8.32 Å². The predicted octanol–water partition coefficient (Wildman–Crippen LogP) is 3.37. The summed E-state index contributed by atoms with van der Waals surface area (Å²) in [5.74, 6) is 0. The Kier molecular flexibility index (Phi) is 4.27. The van der Waals surface area contributed by atoms with Gasteiger partial charge in [0, 0.05) is 4.91 Å². The first-order valence-electron chi connectivity index (χ1n) is 6.90. The highest BCUT2D eigenvalue weighted by atomic mass is 28.4. The van der Waals surface area contributed by atoms with Gasteiger partial charge in [-0.2, -0.15) is 0 Å². The molecule has 0 amide bonds. The summed E-state index contributed by atoms with van der Waals surface area (Å²) in [5.41, 5.74) is 8.74. The summed E-state index contributed by atoms with van der Waals surface area (Å²) < 4.78 is 17.6. The highest BCUT2D eigenvalue weighted by Gasteiger charge is 2.47. The van der Waals surface area contributed by atoms with Crippen LogP contribution in [0.2, 0.25) is 18.1 Å². The Morgan fingerprint density at radius 2 is 2.00 bits per heavy atom. The Balaban J connectivity index is 2.25. The number of hydrogen-bond acceptors (Lipinski definition) is 4. The summed E-state index contributed by atoms with van der Waals surface area (Å²) in [5, 5.41) is 3.93. The van der Waals surface area contributed by atoms with Crippen molar-refractivity contribution < 1.29 is 13.9 Å². The molecule has 1 fully saturated rings. The summed E-state index contributed by atoms with van der Waals surface area (Å²) >= 11 is 0. The number of nitrogens with zero attached hydrogens (tertiary/aromatic N) is 3. The molecule has 4 atom stereocenters. The molecule has 0 aromatic rings. The van der Waals surface area contributed by atoms with Crippen molar-refractivity contribution in [2.45, 2.75) is 63.3 Å². The molecular formula is C13H23N3O3Si. The van der Waals surface area contributed by atoms with Gasteiger partial charge in [-0.25, -0.2) is 0 Å². The number of azide groups is 1. The molecule has 0 unspecified atom stereocenters. The van der Waals surface area contributed by atoms with Gasteiger partial charge in [-0.05, 0) is 23.7 Å². The molecule has 0 saturated carbocycles. The van der Waals surface area contributed by atoms with E-state index >= 15 is 0 Å². The van der Waals surface area contributed by atoms with Crippen LogP contribution in [0.25, 0.3) is 10.4 Å². The molecule has 20 heavy (non-hydrogen) atoms. The third-order valence-electron chi connectivity index (χ3n) is 4.43. The fourth-order valence-electron chi connectivity index (χ4n) is 2.18. The topological polar surface area (TPSA) is 76.5 Å². The summed E-state index contributed by atoms with van der Waals surface area (Å²) in [4.78, 5) is 2.93. The molecule has 0 aromatic heterocycles. The van der Waals surface area contributed by atoms with Crippen LogP contribution in [0.15, 0.2) is 17.3 Å². The number of hydrogen-bond donors (Lipinski definition) is 0. The van der Waals surface area contributed by atoms with E-state index in [1.807, 2.05) is 12.2 Å². The van der Waals surface area contributed by atoms with Crippen molar-refractivity contribution in [3.63, 3.8) is 0 Å². The average molecular weight is 297 g/mol. The molecule has 7 heteroatoms. The number of rotatable bonds is 3. The summed E-state index contributed by atoms with van der Waals surface area (Å²) in [7, 11) is -1.98. The highest BCUT2D eigenvalue weighted by Crippen LogP contribution is 2.40. The van der Waals surface area contributed by atoms with Crippen molar-refractivity contribution in [2.75, 3.05) is 6.79 Å². The van der Waals surface area contributed by atoms with E-state index in [9.17, 15) is 0 Å². The highest BCUT2D eigenvalue weighted by molar-refractivity contribution is 6.74. The van der Waals surface area contributed by atoms with Crippen LogP contribution in [0.4, 0.5) is 0 Å². The molecule has 0 N–H and O–H groups in total. The van der Waals surface area contributed by atoms with E-state index in [1.54, 1.807) is 0 Å². The Bertz CT molecular complexity index is 441. The Labute approximate surface area is 120 Å². The van der Waals surface area contributed by atoms with Crippen LogP contribution < -0.4 is 0 Å². The molecule has 112 valence electrons. The lowest BCUT2D eigenvalue weighted by molar-refractivity contribution is -0.0108. The van der Waals surface area contributed by atoms with Crippen LogP contribution >= 0.6 is 0 Å². The smallest absolute Gasteiger partial charge is 0.192 e. The number of fused-ring (bicyclic) bond motifs is 1. The number of ether oxygens (including phenoxy) is 2. The van der Waals surface area contributed by atoms with E-state index in [2.05, 4.69) is 43.9 Å². The largest absolute Gasteiger partial charge is 0.410 e. The van der Waals surface area contributed by atoms with Crippen LogP contribution in [0, 0.1) is 0 Å².